The number of hydrogen-bond donors (Lipinski definition) is 1. The van der Waals surface area contributed by atoms with E-state index in [1.54, 1.807) is 11.4 Å². The number of esters is 1. The zero-order valence-corrected chi connectivity index (χ0v) is 13.6. The molecule has 1 heterocycles. The molecule has 5 nitrogen and oxygen atoms in total. The van der Waals surface area contributed by atoms with E-state index in [-0.39, 0.29) is 23.1 Å². The van der Waals surface area contributed by atoms with E-state index in [0.29, 0.717) is 24.1 Å². The summed E-state index contributed by atoms with van der Waals surface area (Å²) in [5.74, 6) is -0.380. The van der Waals surface area contributed by atoms with E-state index in [2.05, 4.69) is 5.32 Å². The van der Waals surface area contributed by atoms with E-state index in [4.69, 9.17) is 21.6 Å². The molecule has 2 aromatic rings. The highest BCUT2D eigenvalue weighted by Crippen LogP contribution is 2.25. The molecule has 0 aliphatic carbocycles. The maximum atomic E-state index is 11.7. The second kappa shape index (κ2) is 8.32. The third kappa shape index (κ3) is 5.09. The summed E-state index contributed by atoms with van der Waals surface area (Å²) >= 11 is 7.38. The molecule has 0 spiro atoms. The number of nitrogens with zero attached hydrogens (tertiary/aromatic N) is 1. The number of rotatable bonds is 6. The number of thiophene rings is 1. The number of carbonyl (C=O) groups excluding carboxylic acids is 2. The first-order chi connectivity index (χ1) is 11.1. The molecule has 0 bridgehead atoms. The van der Waals surface area contributed by atoms with E-state index < -0.39 is 5.97 Å². The van der Waals surface area contributed by atoms with Crippen molar-refractivity contribution in [2.75, 3.05) is 6.54 Å². The predicted octanol–water partition coefficient (Wildman–Crippen LogP) is 3.39. The zero-order chi connectivity index (χ0) is 16.7. The minimum absolute atomic E-state index is 0.153. The monoisotopic (exact) mass is 348 g/mol. The van der Waals surface area contributed by atoms with Crippen LogP contribution < -0.4 is 10.1 Å². The first kappa shape index (κ1) is 17.0. The Morgan fingerprint density at radius 3 is 2.83 bits per heavy atom. The second-order valence-corrected chi connectivity index (χ2v) is 5.79. The van der Waals surface area contributed by atoms with Crippen LogP contribution in [0.25, 0.3) is 0 Å². The van der Waals surface area contributed by atoms with Crippen LogP contribution in [0.15, 0.2) is 35.0 Å². The number of carbonyl (C=O) groups is 2. The molecule has 0 radical (unpaired) electrons. The van der Waals surface area contributed by atoms with Crippen molar-refractivity contribution >= 4 is 34.8 Å². The fourth-order valence-electron chi connectivity index (χ4n) is 1.76. The van der Waals surface area contributed by atoms with Gasteiger partial charge in [0.25, 0.3) is 5.91 Å². The highest BCUT2D eigenvalue weighted by atomic mass is 35.5. The highest BCUT2D eigenvalue weighted by Gasteiger charge is 2.10. The lowest BCUT2D eigenvalue weighted by atomic mass is 10.2. The van der Waals surface area contributed by atoms with Gasteiger partial charge in [0.15, 0.2) is 0 Å². The summed E-state index contributed by atoms with van der Waals surface area (Å²) in [4.78, 5) is 23.4. The van der Waals surface area contributed by atoms with Crippen LogP contribution in [0.1, 0.15) is 28.8 Å². The Hall–Kier alpha value is -2.36. The van der Waals surface area contributed by atoms with Crippen molar-refractivity contribution < 1.29 is 14.3 Å². The van der Waals surface area contributed by atoms with Crippen LogP contribution in [-0.4, -0.2) is 18.4 Å². The summed E-state index contributed by atoms with van der Waals surface area (Å²) in [6, 6.07) is 8.13. The molecule has 118 valence electrons. The Morgan fingerprint density at radius 2 is 2.17 bits per heavy atom. The summed E-state index contributed by atoms with van der Waals surface area (Å²) in [6.45, 7) is 0.380. The predicted molar refractivity (Wildman–Crippen MR) is 87.7 cm³/mol. The molecule has 1 amide bonds. The Bertz CT molecular complexity index is 738. The van der Waals surface area contributed by atoms with Crippen molar-refractivity contribution in [3.63, 3.8) is 0 Å². The van der Waals surface area contributed by atoms with Crippen LogP contribution in [0.4, 0.5) is 0 Å². The van der Waals surface area contributed by atoms with Gasteiger partial charge in [0.2, 0.25) is 0 Å². The number of hydrogen-bond acceptors (Lipinski definition) is 5. The fraction of sp³-hybridized carbons (Fsp3) is 0.188. The third-order valence-corrected chi connectivity index (χ3v) is 3.89. The molecule has 23 heavy (non-hydrogen) atoms. The Balaban J connectivity index is 1.73. The maximum absolute atomic E-state index is 11.7. The molecule has 2 rings (SSSR count). The van der Waals surface area contributed by atoms with Crippen molar-refractivity contribution in [3.05, 3.63) is 51.2 Å². The molecule has 0 aliphatic heterocycles. The third-order valence-electron chi connectivity index (χ3n) is 2.91. The van der Waals surface area contributed by atoms with E-state index in [1.807, 2.05) is 11.4 Å². The zero-order valence-electron chi connectivity index (χ0n) is 12.0. The summed E-state index contributed by atoms with van der Waals surface area (Å²) in [5, 5.41) is 15.3. The Labute approximate surface area is 142 Å². The Kier molecular flexibility index (Phi) is 6.15. The van der Waals surface area contributed by atoms with Crippen LogP contribution in [0, 0.1) is 11.3 Å². The van der Waals surface area contributed by atoms with Gasteiger partial charge in [-0.2, -0.15) is 16.6 Å². The van der Waals surface area contributed by atoms with Gasteiger partial charge in [-0.15, -0.1) is 0 Å². The van der Waals surface area contributed by atoms with Crippen molar-refractivity contribution in [3.8, 4) is 11.8 Å². The summed E-state index contributed by atoms with van der Waals surface area (Å²) < 4.78 is 5.13. The average molecular weight is 349 g/mol. The quantitative estimate of drug-likeness (QED) is 0.493. The molecular weight excluding hydrogens is 336 g/mol. The van der Waals surface area contributed by atoms with Gasteiger partial charge in [0.1, 0.15) is 5.75 Å². The molecule has 0 aliphatic rings. The van der Waals surface area contributed by atoms with Crippen LogP contribution >= 0.6 is 22.9 Å². The van der Waals surface area contributed by atoms with Gasteiger partial charge in [-0.1, -0.05) is 11.6 Å². The standard InChI is InChI=1S/C16H13ClN2O3S/c17-13-8-11(9-18)3-4-14(13)22-15(20)2-1-6-19-16(21)12-5-7-23-10-12/h3-5,7-8,10H,1-2,6H2,(H,19,21). The molecule has 0 saturated heterocycles. The molecule has 0 saturated carbocycles. The van der Waals surface area contributed by atoms with E-state index in [9.17, 15) is 9.59 Å². The van der Waals surface area contributed by atoms with Gasteiger partial charge in [-0.05, 0) is 36.1 Å². The van der Waals surface area contributed by atoms with Gasteiger partial charge >= 0.3 is 5.97 Å². The lowest BCUT2D eigenvalue weighted by molar-refractivity contribution is -0.134. The number of benzene rings is 1. The second-order valence-electron chi connectivity index (χ2n) is 4.60. The number of amides is 1. The average Bonchev–Trinajstić information content (AvgIpc) is 3.08. The summed E-state index contributed by atoms with van der Waals surface area (Å²) in [7, 11) is 0. The first-order valence-corrected chi connectivity index (χ1v) is 8.13. The Morgan fingerprint density at radius 1 is 1.35 bits per heavy atom. The molecule has 1 aromatic heterocycles. The van der Waals surface area contributed by atoms with E-state index in [1.165, 1.54) is 29.5 Å². The van der Waals surface area contributed by atoms with Crippen LogP contribution in [0.5, 0.6) is 5.75 Å². The largest absolute Gasteiger partial charge is 0.425 e. The molecule has 1 N–H and O–H groups in total. The lowest BCUT2D eigenvalue weighted by Gasteiger charge is -2.07. The number of nitrogens with one attached hydrogen (secondary N) is 1. The van der Waals surface area contributed by atoms with E-state index in [0.717, 1.165) is 0 Å². The fourth-order valence-corrected chi connectivity index (χ4v) is 2.61. The van der Waals surface area contributed by atoms with Gasteiger partial charge in [0.05, 0.1) is 16.7 Å². The molecule has 7 heteroatoms. The van der Waals surface area contributed by atoms with E-state index >= 15 is 0 Å². The van der Waals surface area contributed by atoms with Gasteiger partial charge in [0, 0.05) is 23.9 Å². The number of nitriles is 1. The number of ether oxygens (including phenoxy) is 1. The maximum Gasteiger partial charge on any atom is 0.311 e. The number of halogens is 1. The first-order valence-electron chi connectivity index (χ1n) is 6.81. The van der Waals surface area contributed by atoms with Gasteiger partial charge in [-0.3, -0.25) is 9.59 Å². The smallest absolute Gasteiger partial charge is 0.311 e. The normalized spacial score (nSPS) is 9.91. The molecule has 0 unspecified atom stereocenters. The van der Waals surface area contributed by atoms with Crippen molar-refractivity contribution in [1.82, 2.24) is 5.32 Å². The van der Waals surface area contributed by atoms with Crippen LogP contribution in [-0.2, 0) is 4.79 Å². The van der Waals surface area contributed by atoms with Crippen molar-refractivity contribution in [1.29, 1.82) is 5.26 Å². The molecule has 0 fully saturated rings. The summed E-state index contributed by atoms with van der Waals surface area (Å²) in [6.07, 6.45) is 0.614. The molecule has 0 atom stereocenters. The van der Waals surface area contributed by atoms with Crippen LogP contribution in [0.3, 0.4) is 0 Å². The van der Waals surface area contributed by atoms with Crippen molar-refractivity contribution in [2.45, 2.75) is 12.8 Å². The van der Waals surface area contributed by atoms with Gasteiger partial charge < -0.3 is 10.1 Å². The minimum Gasteiger partial charge on any atom is -0.425 e. The van der Waals surface area contributed by atoms with Crippen LogP contribution in [0.2, 0.25) is 5.02 Å². The SMILES string of the molecule is N#Cc1ccc(OC(=O)CCCNC(=O)c2ccsc2)c(Cl)c1. The van der Waals surface area contributed by atoms with Crippen molar-refractivity contribution in [2.24, 2.45) is 0 Å². The topological polar surface area (TPSA) is 79.2 Å². The van der Waals surface area contributed by atoms with Gasteiger partial charge in [-0.25, -0.2) is 0 Å². The molecule has 1 aromatic carbocycles. The minimum atomic E-state index is -0.443. The molecular formula is C16H13ClN2O3S. The highest BCUT2D eigenvalue weighted by molar-refractivity contribution is 7.08. The summed E-state index contributed by atoms with van der Waals surface area (Å²) in [5.41, 5.74) is 1.01. The lowest BCUT2D eigenvalue weighted by Crippen LogP contribution is -2.24.